The molecule has 1 saturated carbocycles. The van der Waals surface area contributed by atoms with Crippen LogP contribution in [-0.2, 0) is 4.79 Å². The van der Waals surface area contributed by atoms with Crippen molar-refractivity contribution in [2.75, 3.05) is 12.3 Å². The van der Waals surface area contributed by atoms with Crippen molar-refractivity contribution in [3.05, 3.63) is 22.5 Å². The van der Waals surface area contributed by atoms with Crippen LogP contribution in [0.3, 0.4) is 0 Å². The Morgan fingerprint density at radius 1 is 1.33 bits per heavy atom. The third-order valence-electron chi connectivity index (χ3n) is 4.07. The van der Waals surface area contributed by atoms with Crippen molar-refractivity contribution in [2.24, 2.45) is 0 Å². The number of rotatable bonds is 4. The molecule has 0 aromatic heterocycles. The quantitative estimate of drug-likeness (QED) is 0.772. The maximum absolute atomic E-state index is 12.6. The Balaban J connectivity index is 1.94. The average molecular weight is 321 g/mol. The number of amides is 1. The summed E-state index contributed by atoms with van der Waals surface area (Å²) in [6, 6.07) is 0.281. The van der Waals surface area contributed by atoms with Gasteiger partial charge in [-0.1, -0.05) is 19.3 Å². The van der Waals surface area contributed by atoms with Gasteiger partial charge in [0, 0.05) is 12.6 Å². The second-order valence-electron chi connectivity index (χ2n) is 5.54. The Hall–Kier alpha value is -0.910. The normalized spacial score (nSPS) is 25.0. The molecule has 0 N–H and O–H groups in total. The molecule has 1 unspecified atom stereocenters. The molecule has 1 fully saturated rings. The van der Waals surface area contributed by atoms with E-state index in [9.17, 15) is 18.0 Å². The Morgan fingerprint density at radius 3 is 2.52 bits per heavy atom. The van der Waals surface area contributed by atoms with Crippen molar-refractivity contribution >= 4 is 16.8 Å². The van der Waals surface area contributed by atoms with Gasteiger partial charge in [0.15, 0.2) is 0 Å². The lowest BCUT2D eigenvalue weighted by atomic mass is 9.94. The molecule has 6 heteroatoms. The summed E-state index contributed by atoms with van der Waals surface area (Å²) < 4.78 is 37.7. The van der Waals surface area contributed by atoms with Gasteiger partial charge >= 0.3 is 6.18 Å². The summed E-state index contributed by atoms with van der Waals surface area (Å²) in [6.07, 6.45) is 2.35. The van der Waals surface area contributed by atoms with Crippen LogP contribution in [0.15, 0.2) is 22.5 Å². The Morgan fingerprint density at radius 2 is 2.00 bits per heavy atom. The van der Waals surface area contributed by atoms with E-state index in [2.05, 4.69) is 0 Å². The molecular weight excluding hydrogens is 299 g/mol. The first kappa shape index (κ1) is 16.5. The highest BCUT2D eigenvalue weighted by molar-refractivity contribution is 8.22. The summed E-state index contributed by atoms with van der Waals surface area (Å²) in [6.45, 7) is 2.59. The molecule has 1 atom stereocenters. The largest absolute Gasteiger partial charge is 0.416 e. The number of alkyl halides is 3. The van der Waals surface area contributed by atoms with E-state index < -0.39 is 22.6 Å². The SMILES string of the molecule is CCN(C(=O)C[SH]1C=CC(C(F)(F)F)=C1)C1CCCCC1. The summed E-state index contributed by atoms with van der Waals surface area (Å²) >= 11 is 0. The van der Waals surface area contributed by atoms with Gasteiger partial charge in [0.1, 0.15) is 0 Å². The van der Waals surface area contributed by atoms with Crippen molar-refractivity contribution in [1.29, 1.82) is 0 Å². The highest BCUT2D eigenvalue weighted by atomic mass is 32.2. The monoisotopic (exact) mass is 321 g/mol. The van der Waals surface area contributed by atoms with Gasteiger partial charge in [-0.15, -0.1) is 0 Å². The zero-order chi connectivity index (χ0) is 15.5. The van der Waals surface area contributed by atoms with E-state index >= 15 is 0 Å². The standard InChI is InChI=1S/C15H22F3NOS/c1-2-19(13-6-4-3-5-7-13)14(20)11-21-9-8-12(10-21)15(16,17)18/h8-10,13,21H,2-7,11H2,1H3. The molecule has 0 saturated heterocycles. The van der Waals surface area contributed by atoms with E-state index in [1.165, 1.54) is 11.8 Å². The molecule has 21 heavy (non-hydrogen) atoms. The smallest absolute Gasteiger partial charge is 0.339 e. The van der Waals surface area contributed by atoms with Crippen LogP contribution in [0.1, 0.15) is 39.0 Å². The van der Waals surface area contributed by atoms with Gasteiger partial charge in [-0.05, 0) is 36.7 Å². The van der Waals surface area contributed by atoms with Crippen molar-refractivity contribution in [3.63, 3.8) is 0 Å². The molecule has 1 amide bonds. The topological polar surface area (TPSA) is 20.3 Å². The zero-order valence-corrected chi connectivity index (χ0v) is 13.1. The fraction of sp³-hybridized carbons (Fsp3) is 0.667. The fourth-order valence-electron chi connectivity index (χ4n) is 2.98. The zero-order valence-electron chi connectivity index (χ0n) is 12.2. The fourth-order valence-corrected chi connectivity index (χ4v) is 4.70. The van der Waals surface area contributed by atoms with Gasteiger partial charge in [-0.25, -0.2) is 10.9 Å². The second kappa shape index (κ2) is 6.90. The minimum atomic E-state index is -4.30. The van der Waals surface area contributed by atoms with Crippen LogP contribution in [0.5, 0.6) is 0 Å². The maximum atomic E-state index is 12.6. The molecule has 0 spiro atoms. The summed E-state index contributed by atoms with van der Waals surface area (Å²) in [5, 5.41) is 2.77. The third-order valence-corrected chi connectivity index (χ3v) is 5.85. The van der Waals surface area contributed by atoms with Crippen LogP contribution >= 0.6 is 10.9 Å². The Labute approximate surface area is 126 Å². The van der Waals surface area contributed by atoms with Crippen LogP contribution in [0.4, 0.5) is 13.2 Å². The first-order valence-electron chi connectivity index (χ1n) is 7.44. The molecule has 2 rings (SSSR count). The highest BCUT2D eigenvalue weighted by Gasteiger charge is 2.34. The lowest BCUT2D eigenvalue weighted by Gasteiger charge is -2.34. The molecular formula is C15H22F3NOS. The summed E-state index contributed by atoms with van der Waals surface area (Å²) in [5.41, 5.74) is -0.609. The van der Waals surface area contributed by atoms with Crippen LogP contribution < -0.4 is 0 Å². The van der Waals surface area contributed by atoms with Gasteiger partial charge in [0.2, 0.25) is 5.91 Å². The molecule has 0 aromatic carbocycles. The van der Waals surface area contributed by atoms with Crippen LogP contribution in [0.25, 0.3) is 0 Å². The number of carbonyl (C=O) groups is 1. The van der Waals surface area contributed by atoms with E-state index in [4.69, 9.17) is 0 Å². The van der Waals surface area contributed by atoms with Crippen molar-refractivity contribution in [2.45, 2.75) is 51.2 Å². The minimum Gasteiger partial charge on any atom is -0.339 e. The Kier molecular flexibility index (Phi) is 5.41. The maximum Gasteiger partial charge on any atom is 0.416 e. The van der Waals surface area contributed by atoms with E-state index in [0.717, 1.165) is 31.8 Å². The van der Waals surface area contributed by atoms with Gasteiger partial charge in [0.05, 0.1) is 11.3 Å². The van der Waals surface area contributed by atoms with Gasteiger partial charge in [-0.3, -0.25) is 4.79 Å². The molecule has 1 aliphatic heterocycles. The van der Waals surface area contributed by atoms with E-state index in [1.807, 2.05) is 11.8 Å². The van der Waals surface area contributed by atoms with E-state index in [0.29, 0.717) is 6.54 Å². The molecule has 120 valence electrons. The summed E-state index contributed by atoms with van der Waals surface area (Å²) in [5.74, 6) is 0.204. The molecule has 2 nitrogen and oxygen atoms in total. The van der Waals surface area contributed by atoms with Crippen LogP contribution in [-0.4, -0.2) is 35.3 Å². The predicted octanol–water partition coefficient (Wildman–Crippen LogP) is 4.14. The Bertz CT molecular complexity index is 439. The average Bonchev–Trinajstić information content (AvgIpc) is 2.89. The van der Waals surface area contributed by atoms with Gasteiger partial charge in [0.25, 0.3) is 0 Å². The van der Waals surface area contributed by atoms with Crippen LogP contribution in [0, 0.1) is 0 Å². The summed E-state index contributed by atoms with van der Waals surface area (Å²) in [7, 11) is -1.10. The molecule has 1 aliphatic carbocycles. The number of nitrogens with zero attached hydrogens (tertiary/aromatic N) is 1. The van der Waals surface area contributed by atoms with Gasteiger partial charge in [-0.2, -0.15) is 13.2 Å². The lowest BCUT2D eigenvalue weighted by molar-refractivity contribution is -0.131. The number of allylic oxidation sites excluding steroid dienone is 2. The first-order chi connectivity index (χ1) is 9.91. The van der Waals surface area contributed by atoms with Crippen LogP contribution in [0.2, 0.25) is 0 Å². The first-order valence-corrected chi connectivity index (χ1v) is 9.10. The summed E-state index contributed by atoms with van der Waals surface area (Å²) in [4.78, 5) is 14.3. The molecule has 0 radical (unpaired) electrons. The van der Waals surface area contributed by atoms with Crippen molar-refractivity contribution in [3.8, 4) is 0 Å². The van der Waals surface area contributed by atoms with Crippen molar-refractivity contribution < 1.29 is 18.0 Å². The molecule has 0 bridgehead atoms. The minimum absolute atomic E-state index is 0.000152. The van der Waals surface area contributed by atoms with E-state index in [1.54, 1.807) is 5.41 Å². The second-order valence-corrected chi connectivity index (χ2v) is 7.44. The number of carbonyl (C=O) groups excluding carboxylic acids is 1. The number of thiol groups is 1. The number of halogens is 3. The highest BCUT2D eigenvalue weighted by Crippen LogP contribution is 2.42. The third kappa shape index (κ3) is 4.28. The van der Waals surface area contributed by atoms with Crippen molar-refractivity contribution in [1.82, 2.24) is 4.90 Å². The van der Waals surface area contributed by atoms with Gasteiger partial charge < -0.3 is 4.90 Å². The number of hydrogen-bond acceptors (Lipinski definition) is 1. The predicted molar refractivity (Wildman–Crippen MR) is 81.4 cm³/mol. The molecule has 0 aromatic rings. The molecule has 1 heterocycles. The molecule has 2 aliphatic rings. The number of hydrogen-bond donors (Lipinski definition) is 1. The lowest BCUT2D eigenvalue weighted by Crippen LogP contribution is -2.42. The van der Waals surface area contributed by atoms with E-state index in [-0.39, 0.29) is 17.7 Å².